The second-order valence-corrected chi connectivity index (χ2v) is 6.03. The van der Waals surface area contributed by atoms with Crippen molar-refractivity contribution in [2.45, 2.75) is 31.9 Å². The number of nitrogens with zero attached hydrogens (tertiary/aromatic N) is 3. The first-order valence-electron chi connectivity index (χ1n) is 8.52. The number of carbonyl (C=O) groups is 1. The van der Waals surface area contributed by atoms with Crippen molar-refractivity contribution < 1.29 is 18.3 Å². The predicted octanol–water partition coefficient (Wildman–Crippen LogP) is 2.20. The molecule has 1 unspecified atom stereocenters. The molecule has 1 atom stereocenters. The molecule has 148 valence electrons. The number of hydrogen-bond donors (Lipinski definition) is 2. The molecule has 0 aliphatic carbocycles. The van der Waals surface area contributed by atoms with Crippen molar-refractivity contribution in [3.05, 3.63) is 41.9 Å². The van der Waals surface area contributed by atoms with E-state index >= 15 is 0 Å². The highest BCUT2D eigenvalue weighted by molar-refractivity contribution is 5.92. The molecule has 2 aromatic heterocycles. The number of alkyl halides is 2. The van der Waals surface area contributed by atoms with Crippen LogP contribution in [0.2, 0.25) is 0 Å². The van der Waals surface area contributed by atoms with Gasteiger partial charge < -0.3 is 15.4 Å². The standard InChI is InChI=1S/C17H21F2N5O2.ClH/c18-15(19)11-26-17-12(3-1-7-21-17)9-22-16(25)14-5-8-24(23-14)13-4-2-6-20-10-13;/h1,3,5,7-8,13,15,20H,2,4,6,9-11H2,(H,22,25);1H. The summed E-state index contributed by atoms with van der Waals surface area (Å²) in [6.07, 6.45) is 2.77. The van der Waals surface area contributed by atoms with Crippen LogP contribution in [-0.2, 0) is 6.54 Å². The van der Waals surface area contributed by atoms with E-state index in [0.29, 0.717) is 11.3 Å². The summed E-state index contributed by atoms with van der Waals surface area (Å²) >= 11 is 0. The zero-order chi connectivity index (χ0) is 18.4. The second kappa shape index (κ2) is 10.2. The van der Waals surface area contributed by atoms with Gasteiger partial charge in [-0.2, -0.15) is 5.10 Å². The van der Waals surface area contributed by atoms with Crippen LogP contribution in [0.15, 0.2) is 30.6 Å². The first kappa shape index (κ1) is 21.0. The molecular formula is C17H22ClF2N5O2. The SMILES string of the molecule is Cl.O=C(NCc1cccnc1OCC(F)F)c1ccn(C2CCCNC2)n1. The molecule has 2 N–H and O–H groups in total. The molecule has 27 heavy (non-hydrogen) atoms. The average Bonchev–Trinajstić information content (AvgIpc) is 3.16. The van der Waals surface area contributed by atoms with Gasteiger partial charge in [0, 0.05) is 31.0 Å². The number of rotatable bonds is 7. The van der Waals surface area contributed by atoms with Crippen LogP contribution in [0.3, 0.4) is 0 Å². The summed E-state index contributed by atoms with van der Waals surface area (Å²) in [5.74, 6) is -0.247. The van der Waals surface area contributed by atoms with Crippen molar-refractivity contribution in [2.75, 3.05) is 19.7 Å². The largest absolute Gasteiger partial charge is 0.471 e. The maximum atomic E-state index is 12.3. The average molecular weight is 402 g/mol. The minimum Gasteiger partial charge on any atom is -0.471 e. The van der Waals surface area contributed by atoms with Crippen molar-refractivity contribution in [3.63, 3.8) is 0 Å². The second-order valence-electron chi connectivity index (χ2n) is 6.03. The van der Waals surface area contributed by atoms with Gasteiger partial charge in [-0.25, -0.2) is 13.8 Å². The smallest absolute Gasteiger partial charge is 0.272 e. The Morgan fingerprint density at radius 3 is 3.04 bits per heavy atom. The molecule has 1 aliphatic rings. The quantitative estimate of drug-likeness (QED) is 0.743. The minimum atomic E-state index is -2.59. The van der Waals surface area contributed by atoms with Gasteiger partial charge in [0.15, 0.2) is 6.61 Å². The zero-order valence-corrected chi connectivity index (χ0v) is 15.4. The van der Waals surface area contributed by atoms with Crippen molar-refractivity contribution >= 4 is 18.3 Å². The van der Waals surface area contributed by atoms with E-state index in [0.717, 1.165) is 25.9 Å². The lowest BCUT2D eigenvalue weighted by molar-refractivity contribution is 0.0787. The van der Waals surface area contributed by atoms with E-state index in [1.54, 1.807) is 24.4 Å². The van der Waals surface area contributed by atoms with Crippen LogP contribution in [-0.4, -0.2) is 46.8 Å². The Morgan fingerprint density at radius 1 is 1.44 bits per heavy atom. The van der Waals surface area contributed by atoms with Crippen LogP contribution in [0.5, 0.6) is 5.88 Å². The van der Waals surface area contributed by atoms with Crippen LogP contribution < -0.4 is 15.4 Å². The van der Waals surface area contributed by atoms with Gasteiger partial charge in [-0.15, -0.1) is 12.4 Å². The molecule has 1 saturated heterocycles. The Hall–Kier alpha value is -2.26. The molecule has 7 nitrogen and oxygen atoms in total. The lowest BCUT2D eigenvalue weighted by Gasteiger charge is -2.22. The molecule has 10 heteroatoms. The molecule has 1 fully saturated rings. The normalized spacial score (nSPS) is 16.6. The van der Waals surface area contributed by atoms with Gasteiger partial charge in [-0.05, 0) is 31.5 Å². The Kier molecular flexibility index (Phi) is 7.93. The number of halogens is 3. The number of amides is 1. The highest BCUT2D eigenvalue weighted by Crippen LogP contribution is 2.17. The summed E-state index contributed by atoms with van der Waals surface area (Å²) in [4.78, 5) is 16.2. The molecular weight excluding hydrogens is 380 g/mol. The van der Waals surface area contributed by atoms with Gasteiger partial charge in [-0.3, -0.25) is 9.48 Å². The molecule has 0 aromatic carbocycles. The van der Waals surface area contributed by atoms with Gasteiger partial charge in [0.2, 0.25) is 5.88 Å². The predicted molar refractivity (Wildman–Crippen MR) is 97.5 cm³/mol. The summed E-state index contributed by atoms with van der Waals surface area (Å²) in [6.45, 7) is 1.22. The van der Waals surface area contributed by atoms with Crippen molar-refractivity contribution in [1.29, 1.82) is 0 Å². The zero-order valence-electron chi connectivity index (χ0n) is 14.6. The Balaban J connectivity index is 0.00000261. The number of pyridine rings is 1. The lowest BCUT2D eigenvalue weighted by Crippen LogP contribution is -2.32. The molecule has 1 amide bonds. The molecule has 2 aromatic rings. The minimum absolute atomic E-state index is 0. The molecule has 3 heterocycles. The summed E-state index contributed by atoms with van der Waals surface area (Å²) in [5.41, 5.74) is 0.840. The lowest BCUT2D eigenvalue weighted by atomic mass is 10.1. The van der Waals surface area contributed by atoms with Gasteiger partial charge >= 0.3 is 0 Å². The fourth-order valence-electron chi connectivity index (χ4n) is 2.82. The van der Waals surface area contributed by atoms with Crippen molar-refractivity contribution in [1.82, 2.24) is 25.4 Å². The molecule has 0 radical (unpaired) electrons. The van der Waals surface area contributed by atoms with E-state index < -0.39 is 13.0 Å². The molecule has 0 bridgehead atoms. The summed E-state index contributed by atoms with van der Waals surface area (Å²) in [6, 6.07) is 5.24. The van der Waals surface area contributed by atoms with E-state index in [-0.39, 0.29) is 36.8 Å². The topological polar surface area (TPSA) is 81.1 Å². The van der Waals surface area contributed by atoms with Gasteiger partial charge in [-0.1, -0.05) is 6.07 Å². The summed E-state index contributed by atoms with van der Waals surface area (Å²) in [5, 5.41) is 10.4. The third kappa shape index (κ3) is 5.86. The number of ether oxygens (including phenoxy) is 1. The highest BCUT2D eigenvalue weighted by Gasteiger charge is 2.18. The molecule has 1 aliphatic heterocycles. The Morgan fingerprint density at radius 2 is 2.30 bits per heavy atom. The third-order valence-electron chi connectivity index (χ3n) is 4.12. The molecule has 3 rings (SSSR count). The van der Waals surface area contributed by atoms with E-state index in [1.807, 2.05) is 4.68 Å². The summed E-state index contributed by atoms with van der Waals surface area (Å²) < 4.78 is 31.4. The number of aromatic nitrogens is 3. The number of hydrogen-bond acceptors (Lipinski definition) is 5. The fourth-order valence-corrected chi connectivity index (χ4v) is 2.82. The van der Waals surface area contributed by atoms with Crippen LogP contribution in [0.4, 0.5) is 8.78 Å². The Bertz CT molecular complexity index is 738. The van der Waals surface area contributed by atoms with Crippen LogP contribution in [0.25, 0.3) is 0 Å². The van der Waals surface area contributed by atoms with E-state index in [9.17, 15) is 13.6 Å². The highest BCUT2D eigenvalue weighted by atomic mass is 35.5. The molecule has 0 spiro atoms. The number of piperidine rings is 1. The molecule has 0 saturated carbocycles. The first-order chi connectivity index (χ1) is 12.6. The van der Waals surface area contributed by atoms with Crippen LogP contribution in [0.1, 0.15) is 34.9 Å². The summed E-state index contributed by atoms with van der Waals surface area (Å²) in [7, 11) is 0. The van der Waals surface area contributed by atoms with Gasteiger partial charge in [0.1, 0.15) is 5.69 Å². The van der Waals surface area contributed by atoms with Gasteiger partial charge in [0.05, 0.1) is 6.04 Å². The van der Waals surface area contributed by atoms with E-state index in [2.05, 4.69) is 20.7 Å². The maximum absolute atomic E-state index is 12.3. The van der Waals surface area contributed by atoms with Crippen LogP contribution >= 0.6 is 12.4 Å². The Labute approximate surface area is 161 Å². The first-order valence-corrected chi connectivity index (χ1v) is 8.52. The van der Waals surface area contributed by atoms with E-state index in [4.69, 9.17) is 4.74 Å². The van der Waals surface area contributed by atoms with Crippen LogP contribution in [0, 0.1) is 0 Å². The van der Waals surface area contributed by atoms with E-state index in [1.165, 1.54) is 6.20 Å². The number of carbonyl (C=O) groups excluding carboxylic acids is 1. The third-order valence-corrected chi connectivity index (χ3v) is 4.12. The van der Waals surface area contributed by atoms with Crippen molar-refractivity contribution in [3.8, 4) is 5.88 Å². The fraction of sp³-hybridized carbons (Fsp3) is 0.471. The monoisotopic (exact) mass is 401 g/mol. The number of nitrogens with one attached hydrogen (secondary N) is 2. The maximum Gasteiger partial charge on any atom is 0.272 e. The van der Waals surface area contributed by atoms with Gasteiger partial charge in [0.25, 0.3) is 12.3 Å². The van der Waals surface area contributed by atoms with Crippen molar-refractivity contribution in [2.24, 2.45) is 0 Å².